The zero-order valence-electron chi connectivity index (χ0n) is 4.49. The van der Waals surface area contributed by atoms with Gasteiger partial charge in [-0.15, -0.1) is 0 Å². The molecule has 0 amide bonds. The van der Waals surface area contributed by atoms with Gasteiger partial charge < -0.3 is 0 Å². The van der Waals surface area contributed by atoms with Gasteiger partial charge >= 0.3 is 53.1 Å². The fraction of sp³-hybridized carbons (Fsp3) is 1.00. The molecule has 0 saturated heterocycles. The van der Waals surface area contributed by atoms with E-state index >= 15 is 0 Å². The molecule has 0 radical (unpaired) electrons. The summed E-state index contributed by atoms with van der Waals surface area (Å²) in [7, 11) is 0. The Bertz CT molecular complexity index is 25.1. The number of rotatable bonds is 2. The van der Waals surface area contributed by atoms with Gasteiger partial charge in [0.15, 0.2) is 0 Å². The Balaban J connectivity index is 2.63. The summed E-state index contributed by atoms with van der Waals surface area (Å²) in [6.45, 7) is 4.54. The first-order valence-electron chi connectivity index (χ1n) is 2.42. The van der Waals surface area contributed by atoms with Crippen molar-refractivity contribution in [3.63, 3.8) is 0 Å². The molecular weight excluding hydrogens is 179 g/mol. The molecule has 6 heavy (non-hydrogen) atoms. The standard InChI is InChI=1S/C5H11.Sn/c1-4-5(2)3;/h5H,1,4H2,2-3H3;/q;+3. The van der Waals surface area contributed by atoms with Gasteiger partial charge in [-0.25, -0.2) is 0 Å². The van der Waals surface area contributed by atoms with Crippen LogP contribution >= 0.6 is 0 Å². The number of hydrogen-bond acceptors (Lipinski definition) is 0. The molecule has 32 valence electrons. The summed E-state index contributed by atoms with van der Waals surface area (Å²) in [6.07, 6.45) is 1.42. The Hall–Kier alpha value is 0.799. The fourth-order valence-electron chi connectivity index (χ4n) is 0.289. The summed E-state index contributed by atoms with van der Waals surface area (Å²) in [5, 5.41) is 0. The van der Waals surface area contributed by atoms with Crippen molar-refractivity contribution in [1.29, 1.82) is 0 Å². The van der Waals surface area contributed by atoms with E-state index < -0.39 is 0 Å². The van der Waals surface area contributed by atoms with Crippen LogP contribution in [0.25, 0.3) is 0 Å². The Morgan fingerprint density at radius 1 is 1.50 bits per heavy atom. The van der Waals surface area contributed by atoms with Crippen LogP contribution in [0.15, 0.2) is 0 Å². The van der Waals surface area contributed by atoms with Crippen LogP contribution in [0.1, 0.15) is 20.3 Å². The molecule has 0 aromatic heterocycles. The third-order valence-corrected chi connectivity index (χ3v) is 1.55. The van der Waals surface area contributed by atoms with Gasteiger partial charge in [-0.1, -0.05) is 0 Å². The molecule has 0 rings (SSSR count). The summed E-state index contributed by atoms with van der Waals surface area (Å²) in [5.74, 6) is 0.921. The maximum absolute atomic E-state index is 2.27. The monoisotopic (exact) mass is 191 g/mol. The molecule has 0 heterocycles. The predicted octanol–water partition coefficient (Wildman–Crippen LogP) is 1.62. The van der Waals surface area contributed by atoms with Crippen LogP contribution in [0.2, 0.25) is 4.44 Å². The van der Waals surface area contributed by atoms with Crippen LogP contribution < -0.4 is 0 Å². The molecular formula is C5H11Sn+3. The van der Waals surface area contributed by atoms with Gasteiger partial charge in [-0.2, -0.15) is 0 Å². The molecule has 1 heteroatoms. The summed E-state index contributed by atoms with van der Waals surface area (Å²) < 4.78 is 1.42. The van der Waals surface area contributed by atoms with Crippen LogP contribution in [0.3, 0.4) is 0 Å². The Kier molecular flexibility index (Phi) is 4.50. The van der Waals surface area contributed by atoms with Crippen molar-refractivity contribution >= 4 is 22.5 Å². The van der Waals surface area contributed by atoms with E-state index in [0.29, 0.717) is 0 Å². The Labute approximate surface area is 53.4 Å². The second-order valence-electron chi connectivity index (χ2n) is 1.93. The molecule has 0 fully saturated rings. The van der Waals surface area contributed by atoms with Crippen molar-refractivity contribution in [2.75, 3.05) is 0 Å². The number of hydrogen-bond donors (Lipinski definition) is 0. The molecule has 0 N–H and O–H groups in total. The molecule has 0 aliphatic carbocycles. The van der Waals surface area contributed by atoms with Crippen molar-refractivity contribution in [3.05, 3.63) is 0 Å². The normalized spacial score (nSPS) is 10.2. The zero-order valence-corrected chi connectivity index (χ0v) is 7.35. The van der Waals surface area contributed by atoms with Crippen molar-refractivity contribution in [3.8, 4) is 0 Å². The van der Waals surface area contributed by atoms with Crippen molar-refractivity contribution in [2.45, 2.75) is 24.7 Å². The van der Waals surface area contributed by atoms with Gasteiger partial charge in [0.1, 0.15) is 0 Å². The molecule has 0 unspecified atom stereocenters. The van der Waals surface area contributed by atoms with Crippen LogP contribution in [0.4, 0.5) is 0 Å². The second-order valence-corrected chi connectivity index (χ2v) is 3.36. The van der Waals surface area contributed by atoms with E-state index in [2.05, 4.69) is 13.8 Å². The minimum absolute atomic E-state index is 0.921. The van der Waals surface area contributed by atoms with Gasteiger partial charge in [-0.05, 0) is 0 Å². The molecule has 0 aliphatic heterocycles. The van der Waals surface area contributed by atoms with E-state index in [1.54, 1.807) is 22.5 Å². The molecule has 0 saturated carbocycles. The molecule has 0 aromatic rings. The molecule has 0 bridgehead atoms. The summed E-state index contributed by atoms with van der Waals surface area (Å²) in [5.41, 5.74) is 0. The first kappa shape index (κ1) is 6.80. The average Bonchev–Trinajstić information content (AvgIpc) is 1.35. The third kappa shape index (κ3) is 4.80. The van der Waals surface area contributed by atoms with Crippen LogP contribution in [0.5, 0.6) is 0 Å². The summed E-state index contributed by atoms with van der Waals surface area (Å²) in [6, 6.07) is 0. The van der Waals surface area contributed by atoms with E-state index in [4.69, 9.17) is 0 Å². The predicted molar refractivity (Wildman–Crippen MR) is 30.0 cm³/mol. The molecule has 0 aromatic carbocycles. The topological polar surface area (TPSA) is 0 Å². The van der Waals surface area contributed by atoms with E-state index in [-0.39, 0.29) is 0 Å². The summed E-state index contributed by atoms with van der Waals surface area (Å²) in [4.78, 5) is 0. The fourth-order valence-corrected chi connectivity index (χ4v) is 1.94. The Morgan fingerprint density at radius 3 is 2.00 bits per heavy atom. The van der Waals surface area contributed by atoms with Crippen molar-refractivity contribution in [1.82, 2.24) is 0 Å². The van der Waals surface area contributed by atoms with Crippen LogP contribution in [-0.4, -0.2) is 22.5 Å². The third-order valence-electron chi connectivity index (χ3n) is 0.722. The second kappa shape index (κ2) is 3.97. The van der Waals surface area contributed by atoms with Gasteiger partial charge in [0.05, 0.1) is 0 Å². The quantitative estimate of drug-likeness (QED) is 0.580. The molecule has 0 aliphatic rings. The van der Waals surface area contributed by atoms with Crippen molar-refractivity contribution < 1.29 is 0 Å². The van der Waals surface area contributed by atoms with E-state index in [1.807, 2.05) is 0 Å². The van der Waals surface area contributed by atoms with Gasteiger partial charge in [0, 0.05) is 0 Å². The van der Waals surface area contributed by atoms with E-state index in [1.165, 1.54) is 10.9 Å². The van der Waals surface area contributed by atoms with Crippen LogP contribution in [-0.2, 0) is 0 Å². The first-order chi connectivity index (χ1) is 2.77. The minimum atomic E-state index is 0.921. The zero-order chi connectivity index (χ0) is 4.99. The maximum atomic E-state index is 2.27. The van der Waals surface area contributed by atoms with Gasteiger partial charge in [-0.3, -0.25) is 0 Å². The van der Waals surface area contributed by atoms with Gasteiger partial charge in [0.2, 0.25) is 0 Å². The van der Waals surface area contributed by atoms with E-state index in [9.17, 15) is 0 Å². The van der Waals surface area contributed by atoms with Crippen molar-refractivity contribution in [2.24, 2.45) is 5.92 Å². The van der Waals surface area contributed by atoms with E-state index in [0.717, 1.165) is 5.92 Å². The average molecular weight is 190 g/mol. The SMILES string of the molecule is CC(C)C[CH2][Sn+3]. The molecule has 0 nitrogen and oxygen atoms in total. The van der Waals surface area contributed by atoms with Crippen LogP contribution in [0, 0.1) is 5.92 Å². The molecule has 0 atom stereocenters. The Morgan fingerprint density at radius 2 is 2.00 bits per heavy atom. The summed E-state index contributed by atoms with van der Waals surface area (Å²) >= 11 is 1.68. The molecule has 0 spiro atoms. The first-order valence-corrected chi connectivity index (χ1v) is 4.43. The van der Waals surface area contributed by atoms with Gasteiger partial charge in [0.25, 0.3) is 0 Å².